The molecule has 0 unspecified atom stereocenters. The number of rotatable bonds is 2. The molecule has 0 aromatic heterocycles. The van der Waals surface area contributed by atoms with Crippen molar-refractivity contribution in [1.82, 2.24) is 0 Å². The summed E-state index contributed by atoms with van der Waals surface area (Å²) < 4.78 is 4.77. The first-order chi connectivity index (χ1) is 6.99. The summed E-state index contributed by atoms with van der Waals surface area (Å²) in [4.78, 5) is 11.4. The van der Waals surface area contributed by atoms with E-state index < -0.39 is 5.97 Å². The highest BCUT2D eigenvalue weighted by Crippen LogP contribution is 2.38. The summed E-state index contributed by atoms with van der Waals surface area (Å²) in [6, 6.07) is 1.33. The smallest absolute Gasteiger partial charge is 0.339 e. The minimum absolute atomic E-state index is 0.0458. The zero-order chi connectivity index (χ0) is 11.6. The van der Waals surface area contributed by atoms with Crippen molar-refractivity contribution in [1.29, 1.82) is 0 Å². The number of carbonyl (C=O) groups excluding carboxylic acids is 1. The van der Waals surface area contributed by atoms with Crippen LogP contribution in [0.3, 0.4) is 0 Å². The van der Waals surface area contributed by atoms with Gasteiger partial charge in [-0.3, -0.25) is 0 Å². The molecule has 0 aliphatic rings. The highest BCUT2D eigenvalue weighted by atomic mass is 35.5. The maximum absolute atomic E-state index is 11.4. The molecule has 0 atom stereocenters. The number of benzene rings is 1. The largest absolute Gasteiger partial charge is 0.462 e. The average molecular weight is 288 g/mol. The number of hydrogen-bond acceptors (Lipinski definition) is 2. The van der Waals surface area contributed by atoms with Gasteiger partial charge in [0.25, 0.3) is 0 Å². The van der Waals surface area contributed by atoms with Crippen molar-refractivity contribution in [3.05, 3.63) is 31.7 Å². The summed E-state index contributed by atoms with van der Waals surface area (Å²) >= 11 is 23.1. The first-order valence-electron chi connectivity index (χ1n) is 3.99. The van der Waals surface area contributed by atoms with Gasteiger partial charge in [-0.05, 0) is 13.0 Å². The van der Waals surface area contributed by atoms with Crippen LogP contribution in [0.4, 0.5) is 0 Å². The minimum atomic E-state index is -0.581. The van der Waals surface area contributed by atoms with Crippen LogP contribution in [0.5, 0.6) is 0 Å². The fourth-order valence-electron chi connectivity index (χ4n) is 0.930. The molecule has 2 nitrogen and oxygen atoms in total. The van der Waals surface area contributed by atoms with E-state index >= 15 is 0 Å². The van der Waals surface area contributed by atoms with Crippen LogP contribution < -0.4 is 0 Å². The molecule has 15 heavy (non-hydrogen) atoms. The Labute approximate surface area is 107 Å². The van der Waals surface area contributed by atoms with Gasteiger partial charge in [0.15, 0.2) is 0 Å². The van der Waals surface area contributed by atoms with Gasteiger partial charge in [0.05, 0.1) is 32.3 Å². The summed E-state index contributed by atoms with van der Waals surface area (Å²) in [6.07, 6.45) is 0. The van der Waals surface area contributed by atoms with Gasteiger partial charge in [-0.2, -0.15) is 0 Å². The van der Waals surface area contributed by atoms with Gasteiger partial charge in [-0.25, -0.2) is 4.79 Å². The molecule has 1 aromatic carbocycles. The summed E-state index contributed by atoms with van der Waals surface area (Å²) in [6.45, 7) is 1.93. The normalized spacial score (nSPS) is 10.2. The molecule has 0 aliphatic heterocycles. The second-order valence-electron chi connectivity index (χ2n) is 2.57. The van der Waals surface area contributed by atoms with Crippen LogP contribution >= 0.6 is 46.4 Å². The van der Waals surface area contributed by atoms with E-state index in [4.69, 9.17) is 51.1 Å². The van der Waals surface area contributed by atoms with Crippen LogP contribution in [0.1, 0.15) is 17.3 Å². The molecule has 0 aliphatic carbocycles. The molecule has 0 heterocycles. The van der Waals surface area contributed by atoms with E-state index in [1.165, 1.54) is 6.07 Å². The van der Waals surface area contributed by atoms with Crippen molar-refractivity contribution in [2.75, 3.05) is 6.61 Å². The lowest BCUT2D eigenvalue weighted by atomic mass is 10.2. The standard InChI is InChI=1S/C9H6Cl4O2/c1-2-15-9(14)4-3-5(10)7(12)8(13)6(4)11/h3H,2H2,1H3. The van der Waals surface area contributed by atoms with Crippen LogP contribution in [0.15, 0.2) is 6.07 Å². The van der Waals surface area contributed by atoms with Gasteiger partial charge in [0.2, 0.25) is 0 Å². The Hall–Kier alpha value is -0.150. The van der Waals surface area contributed by atoms with Crippen LogP contribution in [-0.4, -0.2) is 12.6 Å². The van der Waals surface area contributed by atoms with Crippen molar-refractivity contribution < 1.29 is 9.53 Å². The summed E-state index contributed by atoms with van der Waals surface area (Å²) in [5, 5.41) is 0.379. The highest BCUT2D eigenvalue weighted by Gasteiger charge is 2.18. The molecule has 0 fully saturated rings. The molecule has 0 spiro atoms. The van der Waals surface area contributed by atoms with Gasteiger partial charge in [-0.1, -0.05) is 46.4 Å². The van der Waals surface area contributed by atoms with Crippen molar-refractivity contribution in [2.45, 2.75) is 6.92 Å². The Balaban J connectivity index is 3.26. The quantitative estimate of drug-likeness (QED) is 0.455. The fourth-order valence-corrected chi connectivity index (χ4v) is 1.81. The van der Waals surface area contributed by atoms with E-state index in [2.05, 4.69) is 0 Å². The molecule has 0 saturated heterocycles. The number of carbonyl (C=O) groups is 1. The number of hydrogen-bond donors (Lipinski definition) is 0. The van der Waals surface area contributed by atoms with Gasteiger partial charge in [-0.15, -0.1) is 0 Å². The van der Waals surface area contributed by atoms with Gasteiger partial charge < -0.3 is 4.74 Å². The molecule has 82 valence electrons. The number of esters is 1. The zero-order valence-corrected chi connectivity index (χ0v) is 10.6. The Morgan fingerprint density at radius 3 is 2.33 bits per heavy atom. The first-order valence-corrected chi connectivity index (χ1v) is 5.50. The van der Waals surface area contributed by atoms with Crippen molar-refractivity contribution in [3.63, 3.8) is 0 Å². The van der Waals surface area contributed by atoms with Crippen LogP contribution in [-0.2, 0) is 4.74 Å². The first kappa shape index (κ1) is 12.9. The predicted molar refractivity (Wildman–Crippen MR) is 62.4 cm³/mol. The third-order valence-electron chi connectivity index (χ3n) is 1.60. The van der Waals surface area contributed by atoms with Gasteiger partial charge in [0.1, 0.15) is 0 Å². The highest BCUT2D eigenvalue weighted by molar-refractivity contribution is 6.52. The van der Waals surface area contributed by atoms with Gasteiger partial charge in [0, 0.05) is 0 Å². The molecule has 1 rings (SSSR count). The Bertz CT molecular complexity index is 404. The summed E-state index contributed by atoms with van der Waals surface area (Å²) in [5.41, 5.74) is 0.109. The molecule has 0 N–H and O–H groups in total. The minimum Gasteiger partial charge on any atom is -0.462 e. The third kappa shape index (κ3) is 2.70. The summed E-state index contributed by atoms with van der Waals surface area (Å²) in [5.74, 6) is -0.581. The predicted octanol–water partition coefficient (Wildman–Crippen LogP) is 4.48. The fraction of sp³-hybridized carbons (Fsp3) is 0.222. The lowest BCUT2D eigenvalue weighted by Crippen LogP contribution is -2.05. The van der Waals surface area contributed by atoms with Crippen molar-refractivity contribution in [3.8, 4) is 0 Å². The van der Waals surface area contributed by atoms with Crippen LogP contribution in [0.2, 0.25) is 20.1 Å². The van der Waals surface area contributed by atoms with E-state index in [1.54, 1.807) is 6.92 Å². The van der Waals surface area contributed by atoms with Gasteiger partial charge >= 0.3 is 5.97 Å². The number of ether oxygens (including phenoxy) is 1. The van der Waals surface area contributed by atoms with Crippen LogP contribution in [0, 0.1) is 0 Å². The monoisotopic (exact) mass is 286 g/mol. The SMILES string of the molecule is CCOC(=O)c1cc(Cl)c(Cl)c(Cl)c1Cl. The van der Waals surface area contributed by atoms with Crippen molar-refractivity contribution in [2.24, 2.45) is 0 Å². The molecular weight excluding hydrogens is 282 g/mol. The molecule has 0 radical (unpaired) electrons. The van der Waals surface area contributed by atoms with E-state index in [0.29, 0.717) is 0 Å². The van der Waals surface area contributed by atoms with Crippen LogP contribution in [0.25, 0.3) is 0 Å². The van der Waals surface area contributed by atoms with E-state index in [-0.39, 0.29) is 32.3 Å². The van der Waals surface area contributed by atoms with E-state index in [1.807, 2.05) is 0 Å². The van der Waals surface area contributed by atoms with E-state index in [9.17, 15) is 4.79 Å². The molecule has 0 amide bonds. The topological polar surface area (TPSA) is 26.3 Å². The summed E-state index contributed by atoms with van der Waals surface area (Å²) in [7, 11) is 0. The Kier molecular flexibility index (Phi) is 4.53. The average Bonchev–Trinajstić information content (AvgIpc) is 2.20. The third-order valence-corrected chi connectivity index (χ3v) is 3.35. The maximum atomic E-state index is 11.4. The molecule has 0 bridgehead atoms. The molecular formula is C9H6Cl4O2. The van der Waals surface area contributed by atoms with E-state index in [0.717, 1.165) is 0 Å². The second-order valence-corrected chi connectivity index (χ2v) is 4.11. The maximum Gasteiger partial charge on any atom is 0.339 e. The lowest BCUT2D eigenvalue weighted by molar-refractivity contribution is 0.0526. The molecule has 0 saturated carbocycles. The second kappa shape index (κ2) is 5.26. The number of halogens is 4. The molecule has 6 heteroatoms. The Morgan fingerprint density at radius 1 is 1.20 bits per heavy atom. The van der Waals surface area contributed by atoms with Crippen molar-refractivity contribution >= 4 is 52.4 Å². The Morgan fingerprint density at radius 2 is 1.80 bits per heavy atom. The lowest BCUT2D eigenvalue weighted by Gasteiger charge is -2.07. The molecule has 1 aromatic rings. The zero-order valence-electron chi connectivity index (χ0n) is 7.61.